The summed E-state index contributed by atoms with van der Waals surface area (Å²) in [7, 11) is -2.43. The fourth-order valence-corrected chi connectivity index (χ4v) is 14.1. The zero-order chi connectivity index (χ0) is 80.1. The molecule has 5 amide bonds. The number of aliphatic hydroxyl groups is 9. The van der Waals surface area contributed by atoms with Crippen molar-refractivity contribution in [2.75, 3.05) is 89.5 Å². The Bertz CT molecular complexity index is 4790. The Hall–Kier alpha value is -10.00. The zero-order valence-corrected chi connectivity index (χ0v) is 60.6. The van der Waals surface area contributed by atoms with E-state index >= 15 is 8.42 Å². The molecule has 12 rings (SSSR count). The standard InChI is InChI=1S/C70H76ClN9O31S/c1-76(15-18-102-19-16-78-29-37(74-75-78)31-104-22-21-103-20-17-79-49(81)13-14-50(79)82)64(93)34-5-11-44(107-70-60(91)55(86)57(88)62(110-70)67(97)98)45(23-34)111-112(99,100)47-25-43-51(41-24-39(101-2)9-10-40(41)47)35(26-71)27-80(43)65(94)42-30-77-28-36(6-12-48(77)73-42)72-63(92)33-3-7-38(8-4-33)106-69-59(90)53(84)52(83)46(108-69)32-105-68-58(89)54(85)56(87)61(109-68)66(95)96/h3-14,23-25,28-30,35,46,52-62,68-70,83-91H,15-22,26-27,31-32H2,1-2H3,(H,72,92)(H,95,96)(H,97,98)/t35-,46-,52+,53+,54+,55+,56+,57+,58-,59-,60-,61+,62+,68-,69?,70?/m1/s1. The van der Waals surface area contributed by atoms with Gasteiger partial charge in [-0.2, -0.15) is 8.42 Å². The third kappa shape index (κ3) is 17.7. The Kier molecular flexibility index (Phi) is 25.4. The average molecular weight is 1610 g/mol. The number of rotatable bonds is 32. The van der Waals surface area contributed by atoms with Gasteiger partial charge in [0.25, 0.3) is 29.5 Å². The van der Waals surface area contributed by atoms with Crippen molar-refractivity contribution < 1.29 is 150 Å². The number of pyridine rings is 1. The number of nitrogens with zero attached hydrogens (tertiary/aromatic N) is 8. The van der Waals surface area contributed by atoms with Crippen LogP contribution in [-0.4, -0.2) is 312 Å². The van der Waals surface area contributed by atoms with Gasteiger partial charge in [0.05, 0.1) is 78.3 Å². The summed E-state index contributed by atoms with van der Waals surface area (Å²) >= 11 is 6.66. The number of amides is 5. The lowest BCUT2D eigenvalue weighted by Gasteiger charge is -2.42. The fraction of sp³-hybridized carbons (Fsp3) is 0.429. The zero-order valence-electron chi connectivity index (χ0n) is 59.1. The Balaban J connectivity index is 0.720. The van der Waals surface area contributed by atoms with E-state index in [1.807, 2.05) is 0 Å². The van der Waals surface area contributed by atoms with Gasteiger partial charge < -0.3 is 127 Å². The molecule has 5 aliphatic heterocycles. The Labute approximate surface area is 638 Å². The van der Waals surface area contributed by atoms with E-state index in [-0.39, 0.29) is 128 Å². The SMILES string of the molecule is COc1ccc2c(S(=O)(=O)Oc3cc(C(=O)N(C)CCOCCn4cc(COCCOCCN5C(=O)C=CC5=O)nn4)ccc3OC3O[C@H](C(=O)O)[C@@H](O)[C@H](O)[C@H]3O)cc3c(c2c1)[C@H](CCl)CN3C(=O)c1cn2cc(NC(=O)c3ccc(OC4O[C@H](CO[C@@H]5O[C@H](C(=O)O)[C@@H](O)[C@H](O)[C@H]5O)[C@H](O)[C@H](O)[C@H]4O)cc3)ccc2n1. The van der Waals surface area contributed by atoms with Gasteiger partial charge in [-0.05, 0) is 89.8 Å². The second-order valence-corrected chi connectivity index (χ2v) is 28.0. The highest BCUT2D eigenvalue weighted by Gasteiger charge is 2.51. The number of alkyl halides is 1. The number of imide groups is 1. The van der Waals surface area contributed by atoms with Gasteiger partial charge in [-0.1, -0.05) is 5.21 Å². The number of aromatic nitrogens is 5. The minimum Gasteiger partial charge on any atom is -0.497 e. The van der Waals surface area contributed by atoms with Crippen LogP contribution in [0, 0.1) is 0 Å². The van der Waals surface area contributed by atoms with Crippen molar-refractivity contribution in [2.45, 2.75) is 116 Å². The van der Waals surface area contributed by atoms with Crippen LogP contribution in [0.3, 0.4) is 0 Å². The number of hydrogen-bond donors (Lipinski definition) is 12. The number of anilines is 2. The summed E-state index contributed by atoms with van der Waals surface area (Å²) < 4.78 is 95.0. The van der Waals surface area contributed by atoms with E-state index < -0.39 is 173 Å². The predicted octanol–water partition coefficient (Wildman–Crippen LogP) is -2.30. The van der Waals surface area contributed by atoms with Gasteiger partial charge in [0.15, 0.2) is 30.0 Å². The summed E-state index contributed by atoms with van der Waals surface area (Å²) in [5.74, 6) is -8.12. The summed E-state index contributed by atoms with van der Waals surface area (Å²) in [5.41, 5.74) is 1.12. The van der Waals surface area contributed by atoms with Gasteiger partial charge in [-0.15, -0.1) is 16.7 Å². The van der Waals surface area contributed by atoms with Crippen LogP contribution in [0.5, 0.6) is 23.0 Å². The van der Waals surface area contributed by atoms with Gasteiger partial charge in [-0.3, -0.25) is 28.9 Å². The van der Waals surface area contributed by atoms with Crippen molar-refractivity contribution in [3.8, 4) is 23.0 Å². The molecule has 0 saturated carbocycles. The molecule has 5 aliphatic rings. The molecule has 3 saturated heterocycles. The Morgan fingerprint density at radius 1 is 0.652 bits per heavy atom. The number of benzene rings is 4. The van der Waals surface area contributed by atoms with Crippen LogP contribution >= 0.6 is 11.6 Å². The highest BCUT2D eigenvalue weighted by atomic mass is 35.5. The number of hydrogen-bond acceptors (Lipinski definition) is 32. The van der Waals surface area contributed by atoms with Crippen LogP contribution in [0.1, 0.15) is 48.4 Å². The van der Waals surface area contributed by atoms with Crippen LogP contribution in [0.25, 0.3) is 16.4 Å². The maximum Gasteiger partial charge on any atom is 0.340 e. The number of nitrogens with one attached hydrogen (secondary N) is 1. The minimum absolute atomic E-state index is 0.00624. The summed E-state index contributed by atoms with van der Waals surface area (Å²) in [6.45, 7) is 0.255. The van der Waals surface area contributed by atoms with E-state index in [0.717, 1.165) is 17.0 Å². The minimum atomic E-state index is -5.24. The van der Waals surface area contributed by atoms with Gasteiger partial charge in [0.1, 0.15) is 94.5 Å². The smallest absolute Gasteiger partial charge is 0.340 e. The second-order valence-electron chi connectivity index (χ2n) is 26.2. The van der Waals surface area contributed by atoms with E-state index in [9.17, 15) is 89.7 Å². The molecule has 16 atom stereocenters. The van der Waals surface area contributed by atoms with Crippen molar-refractivity contribution in [2.24, 2.45) is 0 Å². The highest BCUT2D eigenvalue weighted by Crippen LogP contribution is 2.47. The molecule has 0 bridgehead atoms. The molecule has 3 aromatic heterocycles. The third-order valence-electron chi connectivity index (χ3n) is 18.7. The maximum absolute atomic E-state index is 15.3. The first kappa shape index (κ1) is 81.5. The van der Waals surface area contributed by atoms with Crippen LogP contribution in [0.4, 0.5) is 11.4 Å². The van der Waals surface area contributed by atoms with Crippen LogP contribution < -0.4 is 28.6 Å². The molecule has 600 valence electrons. The number of carbonyl (C=O) groups excluding carboxylic acids is 5. The molecule has 3 fully saturated rings. The van der Waals surface area contributed by atoms with Crippen molar-refractivity contribution in [1.29, 1.82) is 0 Å². The molecular weight excluding hydrogens is 1530 g/mol. The number of fused-ring (bicyclic) bond motifs is 4. The van der Waals surface area contributed by atoms with Crippen LogP contribution in [0.2, 0.25) is 0 Å². The normalized spacial score (nSPS) is 25.8. The predicted molar refractivity (Wildman–Crippen MR) is 376 cm³/mol. The number of halogens is 1. The lowest BCUT2D eigenvalue weighted by atomic mass is 9.95. The summed E-state index contributed by atoms with van der Waals surface area (Å²) in [6, 6.07) is 17.2. The number of carbonyl (C=O) groups is 7. The molecule has 112 heavy (non-hydrogen) atoms. The third-order valence-corrected chi connectivity index (χ3v) is 20.4. The lowest BCUT2D eigenvalue weighted by molar-refractivity contribution is -0.318. The van der Waals surface area contributed by atoms with E-state index in [1.54, 1.807) is 6.20 Å². The number of ether oxygens (including phenoxy) is 10. The molecule has 0 spiro atoms. The number of methoxy groups -OCH3 is 1. The Morgan fingerprint density at radius 3 is 1.97 bits per heavy atom. The highest BCUT2D eigenvalue weighted by molar-refractivity contribution is 7.87. The number of aliphatic carboxylic acids is 2. The molecule has 40 nitrogen and oxygen atoms in total. The number of carboxylic acids is 2. The van der Waals surface area contributed by atoms with Gasteiger partial charge in [0.2, 0.25) is 12.6 Å². The van der Waals surface area contributed by atoms with Crippen LogP contribution in [-0.2, 0) is 75.6 Å². The number of carboxylic acid groups (broad SMARTS) is 2. The summed E-state index contributed by atoms with van der Waals surface area (Å²) in [4.78, 5) is 97.6. The molecule has 7 aromatic rings. The van der Waals surface area contributed by atoms with Crippen molar-refractivity contribution in [3.05, 3.63) is 138 Å². The molecule has 8 heterocycles. The van der Waals surface area contributed by atoms with E-state index in [1.165, 1.54) is 124 Å². The number of imidazole rings is 1. The fourth-order valence-electron chi connectivity index (χ4n) is 12.7. The van der Waals surface area contributed by atoms with Gasteiger partial charge in [0, 0.05) is 78.7 Å². The quantitative estimate of drug-likeness (QED) is 0.00913. The monoisotopic (exact) mass is 1610 g/mol. The molecular formula is C70H76ClN9O31S. The largest absolute Gasteiger partial charge is 0.497 e. The Morgan fingerprint density at radius 2 is 1.29 bits per heavy atom. The molecule has 12 N–H and O–H groups in total. The molecule has 42 heteroatoms. The van der Waals surface area contributed by atoms with E-state index in [2.05, 4.69) is 20.6 Å². The van der Waals surface area contributed by atoms with Crippen LogP contribution in [0.15, 0.2) is 115 Å². The topological polar surface area (TPSA) is 547 Å². The maximum atomic E-state index is 15.3. The first-order valence-corrected chi connectivity index (χ1v) is 36.4. The molecule has 0 aliphatic carbocycles. The molecule has 4 aromatic carbocycles. The summed E-state index contributed by atoms with van der Waals surface area (Å²) in [5, 5.41) is 125. The first-order valence-electron chi connectivity index (χ1n) is 34.4. The van der Waals surface area contributed by atoms with Gasteiger partial charge in [-0.25, -0.2) is 19.3 Å². The van der Waals surface area contributed by atoms with Gasteiger partial charge >= 0.3 is 22.1 Å². The van der Waals surface area contributed by atoms with Crippen molar-refractivity contribution in [3.63, 3.8) is 0 Å². The van der Waals surface area contributed by atoms with E-state index in [4.69, 9.17) is 63.2 Å². The number of aliphatic hydroxyl groups excluding tert-OH is 9. The second kappa shape index (κ2) is 34.9. The first-order chi connectivity index (χ1) is 53.5. The van der Waals surface area contributed by atoms with E-state index in [0.29, 0.717) is 11.3 Å². The lowest BCUT2D eigenvalue weighted by Crippen LogP contribution is -2.62. The summed E-state index contributed by atoms with van der Waals surface area (Å²) in [6.07, 6.45) is -22.5. The van der Waals surface area contributed by atoms with Crippen molar-refractivity contribution >= 4 is 91.0 Å². The average Bonchev–Trinajstić information content (AvgIpc) is 1.52. The number of likely N-dealkylation sites (N-methyl/N-ethyl adjacent to an activating group) is 1. The van der Waals surface area contributed by atoms with Crippen molar-refractivity contribution in [1.82, 2.24) is 34.2 Å². The molecule has 0 radical (unpaired) electrons. The molecule has 2 unspecified atom stereocenters.